The molecule has 4 rings (SSSR count). The first-order valence-corrected chi connectivity index (χ1v) is 9.77. The molecule has 27 heavy (non-hydrogen) atoms. The summed E-state index contributed by atoms with van der Waals surface area (Å²) in [6, 6.07) is 10.3. The summed E-state index contributed by atoms with van der Waals surface area (Å²) in [5, 5.41) is 0.920. The van der Waals surface area contributed by atoms with Crippen LogP contribution >= 0.6 is 15.9 Å². The maximum atomic E-state index is 14.4. The van der Waals surface area contributed by atoms with Gasteiger partial charge in [-0.15, -0.1) is 0 Å². The third-order valence-electron chi connectivity index (χ3n) is 4.83. The topological polar surface area (TPSA) is 42.7 Å². The summed E-state index contributed by atoms with van der Waals surface area (Å²) in [7, 11) is 0. The highest BCUT2D eigenvalue weighted by Gasteiger charge is 2.24. The first-order chi connectivity index (χ1) is 13.1. The maximum absolute atomic E-state index is 14.4. The molecular weight excluding hydrogens is 413 g/mol. The van der Waals surface area contributed by atoms with Crippen molar-refractivity contribution < 1.29 is 13.5 Å². The van der Waals surface area contributed by atoms with Gasteiger partial charge in [-0.05, 0) is 48.7 Å². The molecular formula is C21H19BrFNO3. The number of hydrogen-bond acceptors (Lipinski definition) is 4. The molecule has 6 heteroatoms. The lowest BCUT2D eigenvalue weighted by molar-refractivity contribution is 0.287. The predicted octanol–water partition coefficient (Wildman–Crippen LogP) is 5.39. The monoisotopic (exact) mass is 431 g/mol. The van der Waals surface area contributed by atoms with Crippen molar-refractivity contribution in [2.24, 2.45) is 0 Å². The molecule has 0 saturated carbocycles. The standard InChI is InChI=1S/C21H19BrFNO3/c1-2-3-4-13-9-20(25)27-21-15(13)6-8-19-16(21)11-24(12-26-19)18-7-5-14(22)10-17(18)23/h5-10H,2-4,11-12H2,1H3. The second-order valence-electron chi connectivity index (χ2n) is 6.68. The zero-order valence-corrected chi connectivity index (χ0v) is 16.5. The quantitative estimate of drug-likeness (QED) is 0.519. The summed E-state index contributed by atoms with van der Waals surface area (Å²) in [4.78, 5) is 13.9. The van der Waals surface area contributed by atoms with Crippen LogP contribution in [0.15, 0.2) is 50.1 Å². The second-order valence-corrected chi connectivity index (χ2v) is 7.60. The first kappa shape index (κ1) is 18.0. The predicted molar refractivity (Wildman–Crippen MR) is 107 cm³/mol. The summed E-state index contributed by atoms with van der Waals surface area (Å²) in [6.45, 7) is 2.76. The average Bonchev–Trinajstić information content (AvgIpc) is 2.65. The SMILES string of the molecule is CCCCc1cc(=O)oc2c3c(ccc12)OCN(c1ccc(Br)cc1F)C3. The van der Waals surface area contributed by atoms with Gasteiger partial charge in [-0.25, -0.2) is 9.18 Å². The first-order valence-electron chi connectivity index (χ1n) is 8.98. The van der Waals surface area contributed by atoms with Gasteiger partial charge >= 0.3 is 5.63 Å². The largest absolute Gasteiger partial charge is 0.473 e. The molecule has 0 aliphatic carbocycles. The number of fused-ring (bicyclic) bond motifs is 3. The van der Waals surface area contributed by atoms with Crippen LogP contribution < -0.4 is 15.3 Å². The molecule has 1 aliphatic heterocycles. The van der Waals surface area contributed by atoms with Crippen LogP contribution in [0.3, 0.4) is 0 Å². The van der Waals surface area contributed by atoms with Crippen LogP contribution in [-0.2, 0) is 13.0 Å². The number of aryl methyl sites for hydroxylation is 1. The van der Waals surface area contributed by atoms with Crippen LogP contribution in [0.25, 0.3) is 11.0 Å². The number of unbranched alkanes of at least 4 members (excludes halogenated alkanes) is 1. The van der Waals surface area contributed by atoms with Gasteiger partial charge in [0.15, 0.2) is 6.73 Å². The van der Waals surface area contributed by atoms with Gasteiger partial charge in [-0.3, -0.25) is 0 Å². The van der Waals surface area contributed by atoms with E-state index in [4.69, 9.17) is 9.15 Å². The molecule has 0 amide bonds. The third kappa shape index (κ3) is 3.46. The van der Waals surface area contributed by atoms with E-state index < -0.39 is 0 Å². The van der Waals surface area contributed by atoms with E-state index in [1.165, 1.54) is 6.07 Å². The Morgan fingerprint density at radius 2 is 2.07 bits per heavy atom. The van der Waals surface area contributed by atoms with Gasteiger partial charge in [0.1, 0.15) is 17.1 Å². The Labute approximate surface area is 164 Å². The molecule has 0 saturated heterocycles. The molecule has 4 nitrogen and oxygen atoms in total. The van der Waals surface area contributed by atoms with E-state index in [9.17, 15) is 9.18 Å². The number of hydrogen-bond donors (Lipinski definition) is 0. The van der Waals surface area contributed by atoms with Gasteiger partial charge in [0.05, 0.1) is 17.8 Å². The molecule has 1 aliphatic rings. The Morgan fingerprint density at radius 1 is 1.22 bits per heavy atom. The van der Waals surface area contributed by atoms with Gasteiger partial charge in [-0.1, -0.05) is 29.3 Å². The van der Waals surface area contributed by atoms with Crippen molar-refractivity contribution in [3.05, 3.63) is 68.2 Å². The summed E-state index contributed by atoms with van der Waals surface area (Å²) in [5.41, 5.74) is 2.38. The fraction of sp³-hybridized carbons (Fsp3) is 0.286. The average molecular weight is 432 g/mol. The van der Waals surface area contributed by atoms with Gasteiger partial charge < -0.3 is 14.1 Å². The van der Waals surface area contributed by atoms with Crippen LogP contribution in [0, 0.1) is 5.82 Å². The Balaban J connectivity index is 1.79. The van der Waals surface area contributed by atoms with Crippen molar-refractivity contribution in [3.63, 3.8) is 0 Å². The zero-order chi connectivity index (χ0) is 19.0. The van der Waals surface area contributed by atoms with Crippen molar-refractivity contribution in [3.8, 4) is 5.75 Å². The minimum atomic E-state index is -0.367. The Bertz CT molecular complexity index is 1060. The molecule has 3 aromatic rings. The second kappa shape index (κ2) is 7.35. The minimum Gasteiger partial charge on any atom is -0.473 e. The van der Waals surface area contributed by atoms with Crippen LogP contribution in [-0.4, -0.2) is 6.73 Å². The number of nitrogens with zero attached hydrogens (tertiary/aromatic N) is 1. The van der Waals surface area contributed by atoms with Crippen LogP contribution in [0.5, 0.6) is 5.75 Å². The van der Waals surface area contributed by atoms with Gasteiger partial charge in [-0.2, -0.15) is 0 Å². The van der Waals surface area contributed by atoms with Crippen LogP contribution in [0.1, 0.15) is 30.9 Å². The Kier molecular flexibility index (Phi) is 4.91. The van der Waals surface area contributed by atoms with Gasteiger partial charge in [0, 0.05) is 15.9 Å². The Hall–Kier alpha value is -2.34. The highest BCUT2D eigenvalue weighted by atomic mass is 79.9. The summed E-state index contributed by atoms with van der Waals surface area (Å²) in [5.74, 6) is 0.341. The normalized spacial score (nSPS) is 13.5. The lowest BCUT2D eigenvalue weighted by Gasteiger charge is -2.31. The van der Waals surface area contributed by atoms with Crippen molar-refractivity contribution in [1.82, 2.24) is 0 Å². The lowest BCUT2D eigenvalue weighted by Crippen LogP contribution is -2.32. The van der Waals surface area contributed by atoms with Gasteiger partial charge in [0.2, 0.25) is 0 Å². The number of benzene rings is 2. The highest BCUT2D eigenvalue weighted by Crippen LogP contribution is 2.36. The molecule has 0 spiro atoms. The minimum absolute atomic E-state index is 0.233. The van der Waals surface area contributed by atoms with Crippen molar-refractivity contribution in [1.29, 1.82) is 0 Å². The molecule has 2 aromatic carbocycles. The van der Waals surface area contributed by atoms with E-state index >= 15 is 0 Å². The number of halogens is 2. The van der Waals surface area contributed by atoms with E-state index in [0.29, 0.717) is 28.0 Å². The van der Waals surface area contributed by atoms with E-state index in [0.717, 1.165) is 35.8 Å². The van der Waals surface area contributed by atoms with Gasteiger partial charge in [0.25, 0.3) is 0 Å². The van der Waals surface area contributed by atoms with Crippen LogP contribution in [0.2, 0.25) is 0 Å². The van der Waals surface area contributed by atoms with E-state index in [1.54, 1.807) is 23.1 Å². The number of anilines is 1. The molecule has 1 aromatic heterocycles. The van der Waals surface area contributed by atoms with E-state index in [2.05, 4.69) is 22.9 Å². The zero-order valence-electron chi connectivity index (χ0n) is 14.9. The molecule has 0 radical (unpaired) electrons. The lowest BCUT2D eigenvalue weighted by atomic mass is 10.0. The van der Waals surface area contributed by atoms with E-state index in [1.807, 2.05) is 12.1 Å². The smallest absolute Gasteiger partial charge is 0.336 e. The summed E-state index contributed by atoms with van der Waals surface area (Å²) >= 11 is 3.28. The van der Waals surface area contributed by atoms with Crippen molar-refractivity contribution in [2.75, 3.05) is 11.6 Å². The van der Waals surface area contributed by atoms with Crippen LogP contribution in [0.4, 0.5) is 10.1 Å². The number of rotatable bonds is 4. The Morgan fingerprint density at radius 3 is 2.85 bits per heavy atom. The molecule has 0 N–H and O–H groups in total. The van der Waals surface area contributed by atoms with Crippen molar-refractivity contribution >= 4 is 32.6 Å². The molecule has 0 fully saturated rings. The highest BCUT2D eigenvalue weighted by molar-refractivity contribution is 9.10. The third-order valence-corrected chi connectivity index (χ3v) is 5.33. The fourth-order valence-electron chi connectivity index (χ4n) is 3.46. The summed E-state index contributed by atoms with van der Waals surface area (Å²) < 4.78 is 26.5. The fourth-order valence-corrected chi connectivity index (χ4v) is 3.80. The molecule has 140 valence electrons. The van der Waals surface area contributed by atoms with E-state index in [-0.39, 0.29) is 18.2 Å². The molecule has 2 heterocycles. The number of ether oxygens (including phenoxy) is 1. The van der Waals surface area contributed by atoms with Crippen molar-refractivity contribution in [2.45, 2.75) is 32.7 Å². The maximum Gasteiger partial charge on any atom is 0.336 e. The molecule has 0 unspecified atom stereocenters. The molecule has 0 bridgehead atoms. The molecule has 0 atom stereocenters. The summed E-state index contributed by atoms with van der Waals surface area (Å²) in [6.07, 6.45) is 2.87.